The van der Waals surface area contributed by atoms with Gasteiger partial charge in [0.05, 0.1) is 11.0 Å². The van der Waals surface area contributed by atoms with Gasteiger partial charge in [-0.2, -0.15) is 0 Å². The molecule has 0 bridgehead atoms. The Hall–Kier alpha value is 0.910. The quantitative estimate of drug-likeness (QED) is 0.304. The van der Waals surface area contributed by atoms with Crippen molar-refractivity contribution in [2.24, 2.45) is 0 Å². The molecule has 0 spiro atoms. The minimum absolute atomic E-state index is 0. The molecule has 5 heteroatoms. The van der Waals surface area contributed by atoms with E-state index in [1.807, 2.05) is 0 Å². The molecule has 0 aliphatic heterocycles. The zero-order valence-corrected chi connectivity index (χ0v) is 14.2. The Bertz CT molecular complexity index is 200. The Balaban J connectivity index is 0. The third-order valence-electron chi connectivity index (χ3n) is 2.68. The summed E-state index contributed by atoms with van der Waals surface area (Å²) in [7, 11) is -2.33. The van der Waals surface area contributed by atoms with Gasteiger partial charge in [0.15, 0.2) is 0 Å². The van der Waals surface area contributed by atoms with Crippen molar-refractivity contribution in [3.8, 4) is 0 Å². The van der Waals surface area contributed by atoms with Crippen LogP contribution in [0.15, 0.2) is 0 Å². The molecule has 0 aromatic heterocycles. The molecule has 0 rings (SSSR count). The molecule has 0 saturated carbocycles. The minimum Gasteiger partial charge on any atom is -0.424 e. The summed E-state index contributed by atoms with van der Waals surface area (Å²) < 4.78 is 24.5. The van der Waals surface area contributed by atoms with E-state index in [-0.39, 0.29) is 29.6 Å². The largest absolute Gasteiger partial charge is 1.00 e. The summed E-state index contributed by atoms with van der Waals surface area (Å²) in [5.74, 6) is 0. The molecule has 98 valence electrons. The van der Waals surface area contributed by atoms with Gasteiger partial charge in [-0.15, -0.1) is 0 Å². The second-order valence-electron chi connectivity index (χ2n) is 4.21. The van der Waals surface area contributed by atoms with Gasteiger partial charge in [0.1, 0.15) is 0 Å². The first kappa shape index (κ1) is 20.2. The van der Waals surface area contributed by atoms with Crippen molar-refractivity contribution in [1.29, 1.82) is 0 Å². The maximum Gasteiger partial charge on any atom is 1.00 e. The van der Waals surface area contributed by atoms with Crippen LogP contribution in [0.3, 0.4) is 0 Å². The number of rotatable bonds is 12. The van der Waals surface area contributed by atoms with Gasteiger partial charge in [-0.1, -0.05) is 64.7 Å². The van der Waals surface area contributed by atoms with Crippen LogP contribution in [-0.4, -0.2) is 6.61 Å². The van der Waals surface area contributed by atoms with E-state index in [1.165, 1.54) is 51.4 Å². The maximum absolute atomic E-state index is 10.0. The normalized spacial score (nSPS) is 10.5. The Morgan fingerprint density at radius 1 is 0.765 bits per heavy atom. The smallest absolute Gasteiger partial charge is 0.424 e. The van der Waals surface area contributed by atoms with Crippen molar-refractivity contribution in [3.05, 3.63) is 0 Å². The Morgan fingerprint density at radius 3 is 1.59 bits per heavy atom. The van der Waals surface area contributed by atoms with Crippen LogP contribution in [0.1, 0.15) is 71.1 Å². The first-order valence-corrected chi connectivity index (χ1v) is 7.50. The summed E-state index contributed by atoms with van der Waals surface area (Å²) in [6.07, 6.45) is 12.5. The predicted molar refractivity (Wildman–Crippen MR) is 66.5 cm³/mol. The topological polar surface area (TPSA) is 43.4 Å². The van der Waals surface area contributed by atoms with Gasteiger partial charge in [0, 0.05) is 6.61 Å². The summed E-state index contributed by atoms with van der Waals surface area (Å²) in [6, 6.07) is 0. The fourth-order valence-electron chi connectivity index (χ4n) is 1.72. The first-order chi connectivity index (χ1) is 7.77. The van der Waals surface area contributed by atoms with Crippen molar-refractivity contribution in [2.75, 3.05) is 6.61 Å². The maximum atomic E-state index is 10.0. The Morgan fingerprint density at radius 2 is 1.18 bits per heavy atom. The van der Waals surface area contributed by atoms with E-state index in [2.05, 4.69) is 11.1 Å². The molecule has 17 heavy (non-hydrogen) atoms. The fourth-order valence-corrected chi connectivity index (χ4v) is 1.97. The molecule has 0 aromatic rings. The van der Waals surface area contributed by atoms with Crippen molar-refractivity contribution in [2.45, 2.75) is 71.1 Å². The Kier molecular flexibility index (Phi) is 20.1. The van der Waals surface area contributed by atoms with Gasteiger partial charge in [0.25, 0.3) is 0 Å². The van der Waals surface area contributed by atoms with Crippen LogP contribution in [0, 0.1) is 0 Å². The molecular formula is C12H25NaO3S. The van der Waals surface area contributed by atoms with Gasteiger partial charge in [0.2, 0.25) is 0 Å². The van der Waals surface area contributed by atoms with Crippen LogP contribution in [-0.2, 0) is 23.6 Å². The van der Waals surface area contributed by atoms with Crippen molar-refractivity contribution in [1.82, 2.24) is 0 Å². The van der Waals surface area contributed by atoms with E-state index in [0.717, 1.165) is 12.8 Å². The van der Waals surface area contributed by atoms with Crippen LogP contribution in [0.25, 0.3) is 0 Å². The summed E-state index contributed by atoms with van der Waals surface area (Å²) in [5, 5.41) is 0. The fraction of sp³-hybridized carbons (Fsp3) is 1.00. The third-order valence-corrected chi connectivity index (χ3v) is 3.04. The minimum atomic E-state index is -2.33. The van der Waals surface area contributed by atoms with E-state index >= 15 is 0 Å². The van der Waals surface area contributed by atoms with E-state index < -0.39 is 11.0 Å². The molecule has 0 aliphatic carbocycles. The van der Waals surface area contributed by atoms with Gasteiger partial charge >= 0.3 is 29.6 Å². The number of hydrogen-bond acceptors (Lipinski definition) is 4. The van der Waals surface area contributed by atoms with Gasteiger partial charge in [-0.3, -0.25) is 0 Å². The van der Waals surface area contributed by atoms with E-state index in [0.29, 0.717) is 6.61 Å². The predicted octanol–water partition coefficient (Wildman–Crippen LogP) is 1.15. The summed E-state index contributed by atoms with van der Waals surface area (Å²) in [5.41, 5.74) is 0. The average molecular weight is 272 g/mol. The molecule has 0 N–H and O–H groups in total. The van der Waals surface area contributed by atoms with Crippen molar-refractivity contribution >= 4 is 11.0 Å². The zero-order valence-electron chi connectivity index (χ0n) is 11.4. The second kappa shape index (κ2) is 16.9. The second-order valence-corrected chi connectivity index (χ2v) is 4.85. The van der Waals surface area contributed by atoms with E-state index in [9.17, 15) is 8.42 Å². The van der Waals surface area contributed by atoms with Gasteiger partial charge < -0.3 is 12.6 Å². The van der Waals surface area contributed by atoms with Crippen molar-refractivity contribution in [3.63, 3.8) is 0 Å². The molecular weight excluding hydrogens is 247 g/mol. The van der Waals surface area contributed by atoms with Crippen LogP contribution < -0.4 is 29.6 Å². The molecule has 0 unspecified atom stereocenters. The molecule has 0 atom stereocenters. The first-order valence-electron chi connectivity index (χ1n) is 6.50. The van der Waals surface area contributed by atoms with Crippen LogP contribution in [0.5, 0.6) is 0 Å². The summed E-state index contributed by atoms with van der Waals surface area (Å²) >= 11 is 0. The monoisotopic (exact) mass is 272 g/mol. The van der Waals surface area contributed by atoms with Gasteiger partial charge in [-0.25, -0.2) is 0 Å². The molecule has 0 amide bonds. The molecule has 0 heterocycles. The zero-order chi connectivity index (χ0) is 12.1. The summed E-state index contributed by atoms with van der Waals surface area (Å²) in [4.78, 5) is 0. The SMILES string of the molecule is CCCCCCCCCCCCO[S-](=O)=O.[Na+]. The average Bonchev–Trinajstić information content (AvgIpc) is 2.25. The van der Waals surface area contributed by atoms with Crippen LogP contribution in [0.4, 0.5) is 0 Å². The molecule has 0 radical (unpaired) electrons. The molecule has 0 saturated heterocycles. The third kappa shape index (κ3) is 19.4. The number of hydrogen-bond donors (Lipinski definition) is 0. The van der Waals surface area contributed by atoms with Gasteiger partial charge in [-0.05, 0) is 6.42 Å². The van der Waals surface area contributed by atoms with E-state index in [4.69, 9.17) is 0 Å². The van der Waals surface area contributed by atoms with Crippen LogP contribution >= 0.6 is 0 Å². The van der Waals surface area contributed by atoms with Crippen LogP contribution in [0.2, 0.25) is 0 Å². The summed E-state index contributed by atoms with van der Waals surface area (Å²) in [6.45, 7) is 2.57. The molecule has 0 fully saturated rings. The Labute approximate surface area is 130 Å². The standard InChI is InChI=1S/C12H25O3S.Na/c1-2-3-4-5-6-7-8-9-10-11-12-15-16(13)14;/h2-12H2,1H3;/q-1;+1. The molecule has 3 nitrogen and oxygen atoms in total. The number of unbranched alkanes of at least 4 members (excludes halogenated alkanes) is 9. The van der Waals surface area contributed by atoms with E-state index in [1.54, 1.807) is 0 Å². The van der Waals surface area contributed by atoms with Crippen molar-refractivity contribution < 1.29 is 42.2 Å². The molecule has 0 aliphatic rings. The molecule has 0 aromatic carbocycles.